The number of aromatic nitrogens is 2. The minimum absolute atomic E-state index is 0.0551. The molecule has 4 rings (SSSR count). The van der Waals surface area contributed by atoms with Crippen LogP contribution in [0.5, 0.6) is 0 Å². The predicted octanol–water partition coefficient (Wildman–Crippen LogP) is 2.43. The Morgan fingerprint density at radius 3 is 2.40 bits per heavy atom. The highest BCUT2D eigenvalue weighted by Gasteiger charge is 2.34. The summed E-state index contributed by atoms with van der Waals surface area (Å²) in [5.74, 6) is 0.324. The Hall–Kier alpha value is -2.82. The van der Waals surface area contributed by atoms with Crippen LogP contribution in [0.4, 0.5) is 0 Å². The third kappa shape index (κ3) is 2.38. The van der Waals surface area contributed by atoms with Gasteiger partial charge in [-0.25, -0.2) is 0 Å². The zero-order chi connectivity index (χ0) is 17.7. The third-order valence-electron chi connectivity index (χ3n) is 5.15. The van der Waals surface area contributed by atoms with Crippen LogP contribution in [0.3, 0.4) is 0 Å². The number of fused-ring (bicyclic) bond motifs is 1. The van der Waals surface area contributed by atoms with E-state index in [1.54, 1.807) is 17.8 Å². The van der Waals surface area contributed by atoms with Gasteiger partial charge in [-0.1, -0.05) is 30.3 Å². The van der Waals surface area contributed by atoms with E-state index in [0.29, 0.717) is 30.0 Å². The lowest BCUT2D eigenvalue weighted by Crippen LogP contribution is -2.48. The highest BCUT2D eigenvalue weighted by atomic mass is 16.2. The zero-order valence-electron chi connectivity index (χ0n) is 14.7. The number of hydrogen-bond acceptors (Lipinski definition) is 2. The van der Waals surface area contributed by atoms with Gasteiger partial charge in [0.2, 0.25) is 0 Å². The Morgan fingerprint density at radius 1 is 1.04 bits per heavy atom. The first-order chi connectivity index (χ1) is 12.0. The van der Waals surface area contributed by atoms with Crippen LogP contribution in [-0.2, 0) is 14.1 Å². The minimum atomic E-state index is -0.121. The van der Waals surface area contributed by atoms with E-state index in [-0.39, 0.29) is 11.5 Å². The van der Waals surface area contributed by atoms with Gasteiger partial charge in [0.05, 0.1) is 16.5 Å². The molecule has 1 aliphatic heterocycles. The molecule has 0 radical (unpaired) electrons. The van der Waals surface area contributed by atoms with Crippen molar-refractivity contribution in [2.45, 2.75) is 12.8 Å². The minimum Gasteiger partial charge on any atom is -0.349 e. The van der Waals surface area contributed by atoms with Crippen LogP contribution in [0.25, 0.3) is 10.9 Å². The van der Waals surface area contributed by atoms with Crippen molar-refractivity contribution >= 4 is 16.8 Å². The van der Waals surface area contributed by atoms with Gasteiger partial charge in [-0.15, -0.1) is 0 Å². The molecule has 5 nitrogen and oxygen atoms in total. The number of nitrogens with zero attached hydrogens (tertiary/aromatic N) is 3. The molecule has 128 valence electrons. The van der Waals surface area contributed by atoms with Crippen molar-refractivity contribution in [1.82, 2.24) is 14.0 Å². The molecular formula is C20H21N3O2. The molecule has 0 aliphatic carbocycles. The monoisotopic (exact) mass is 335 g/mol. The Morgan fingerprint density at radius 2 is 1.72 bits per heavy atom. The summed E-state index contributed by atoms with van der Waals surface area (Å²) in [5, 5.41) is 0.526. The first kappa shape index (κ1) is 15.7. The highest BCUT2D eigenvalue weighted by molar-refractivity contribution is 6.07. The molecule has 0 bridgehead atoms. The Balaban J connectivity index is 1.67. The summed E-state index contributed by atoms with van der Waals surface area (Å²) >= 11 is 0. The Labute approximate surface area is 146 Å². The summed E-state index contributed by atoms with van der Waals surface area (Å²) in [4.78, 5) is 27.4. The summed E-state index contributed by atoms with van der Waals surface area (Å²) in [7, 11) is 3.61. The molecule has 3 aromatic rings. The summed E-state index contributed by atoms with van der Waals surface area (Å²) in [6.07, 6.45) is 3.60. The molecule has 1 fully saturated rings. The molecule has 0 spiro atoms. The van der Waals surface area contributed by atoms with Gasteiger partial charge in [0, 0.05) is 45.5 Å². The molecule has 0 atom stereocenters. The normalized spacial score (nSPS) is 14.8. The fourth-order valence-electron chi connectivity index (χ4n) is 3.82. The largest absolute Gasteiger partial charge is 0.349 e. The van der Waals surface area contributed by atoms with Crippen LogP contribution >= 0.6 is 0 Å². The van der Waals surface area contributed by atoms with E-state index in [2.05, 4.69) is 12.1 Å². The molecule has 2 aromatic heterocycles. The smallest absolute Gasteiger partial charge is 0.260 e. The second-order valence-corrected chi connectivity index (χ2v) is 6.92. The van der Waals surface area contributed by atoms with E-state index in [0.717, 1.165) is 11.1 Å². The Kier molecular flexibility index (Phi) is 3.53. The predicted molar refractivity (Wildman–Crippen MR) is 98.0 cm³/mol. The maximum absolute atomic E-state index is 13.0. The number of carbonyl (C=O) groups excluding carboxylic acids is 1. The van der Waals surface area contributed by atoms with Gasteiger partial charge in [0.1, 0.15) is 0 Å². The van der Waals surface area contributed by atoms with E-state index in [9.17, 15) is 9.59 Å². The quantitative estimate of drug-likeness (QED) is 0.722. The van der Waals surface area contributed by atoms with E-state index in [1.165, 1.54) is 5.56 Å². The summed E-state index contributed by atoms with van der Waals surface area (Å²) < 4.78 is 3.44. The average Bonchev–Trinajstić information content (AvgIpc) is 2.90. The summed E-state index contributed by atoms with van der Waals surface area (Å²) in [6.45, 7) is 3.36. The number of carbonyl (C=O) groups is 1. The van der Waals surface area contributed by atoms with Gasteiger partial charge in [-0.3, -0.25) is 9.59 Å². The molecule has 0 saturated carbocycles. The van der Waals surface area contributed by atoms with Crippen molar-refractivity contribution in [3.8, 4) is 0 Å². The van der Waals surface area contributed by atoms with Gasteiger partial charge < -0.3 is 14.0 Å². The zero-order valence-corrected chi connectivity index (χ0v) is 14.7. The standard InChI is InChI=1S/C20H21N3O2/c1-13-9-22(3)20(25)17-16(12-21(2)18(13)17)19(24)23-10-15(11-23)14-7-5-4-6-8-14/h4-9,12,15H,10-11H2,1-3H3. The second-order valence-electron chi connectivity index (χ2n) is 6.92. The number of hydrogen-bond donors (Lipinski definition) is 0. The average molecular weight is 335 g/mol. The summed E-state index contributed by atoms with van der Waals surface area (Å²) in [5.41, 5.74) is 3.48. The maximum atomic E-state index is 13.0. The van der Waals surface area contributed by atoms with Crippen LogP contribution in [0.15, 0.2) is 47.5 Å². The van der Waals surface area contributed by atoms with Crippen molar-refractivity contribution in [2.75, 3.05) is 13.1 Å². The Bertz CT molecular complexity index is 1020. The molecule has 1 amide bonds. The van der Waals surface area contributed by atoms with Crippen molar-refractivity contribution in [3.63, 3.8) is 0 Å². The number of rotatable bonds is 2. The number of aryl methyl sites for hydroxylation is 3. The van der Waals surface area contributed by atoms with Crippen LogP contribution in [0.1, 0.15) is 27.4 Å². The summed E-state index contributed by atoms with van der Waals surface area (Å²) in [6, 6.07) is 10.3. The first-order valence-electron chi connectivity index (χ1n) is 8.47. The molecule has 0 N–H and O–H groups in total. The van der Waals surface area contributed by atoms with Crippen LogP contribution in [-0.4, -0.2) is 33.0 Å². The third-order valence-corrected chi connectivity index (χ3v) is 5.15. The van der Waals surface area contributed by atoms with Crippen molar-refractivity contribution in [1.29, 1.82) is 0 Å². The lowest BCUT2D eigenvalue weighted by atomic mass is 9.91. The van der Waals surface area contributed by atoms with E-state index < -0.39 is 0 Å². The van der Waals surface area contributed by atoms with Gasteiger partial charge >= 0.3 is 0 Å². The van der Waals surface area contributed by atoms with Crippen LogP contribution in [0.2, 0.25) is 0 Å². The molecule has 1 aliphatic rings. The number of pyridine rings is 1. The SMILES string of the molecule is Cc1cn(C)c(=O)c2c(C(=O)N3CC(c4ccccc4)C3)cn(C)c12. The maximum Gasteiger partial charge on any atom is 0.260 e. The lowest BCUT2D eigenvalue weighted by Gasteiger charge is -2.39. The first-order valence-corrected chi connectivity index (χ1v) is 8.47. The molecule has 3 heterocycles. The molecule has 1 aromatic carbocycles. The van der Waals surface area contributed by atoms with Crippen LogP contribution in [0, 0.1) is 6.92 Å². The lowest BCUT2D eigenvalue weighted by molar-refractivity contribution is 0.0604. The molecule has 5 heteroatoms. The molecule has 1 saturated heterocycles. The van der Waals surface area contributed by atoms with Gasteiger partial charge in [0.15, 0.2) is 0 Å². The second kappa shape index (κ2) is 5.62. The van der Waals surface area contributed by atoms with Gasteiger partial charge in [0.25, 0.3) is 11.5 Å². The molecular weight excluding hydrogens is 314 g/mol. The van der Waals surface area contributed by atoms with Crippen LogP contribution < -0.4 is 5.56 Å². The fraction of sp³-hybridized carbons (Fsp3) is 0.300. The number of benzene rings is 1. The van der Waals surface area contributed by atoms with E-state index in [4.69, 9.17) is 0 Å². The van der Waals surface area contributed by atoms with E-state index >= 15 is 0 Å². The van der Waals surface area contributed by atoms with Crippen molar-refractivity contribution in [2.24, 2.45) is 14.1 Å². The van der Waals surface area contributed by atoms with Gasteiger partial charge in [-0.2, -0.15) is 0 Å². The number of likely N-dealkylation sites (tertiary alicyclic amines) is 1. The molecule has 0 unspecified atom stereocenters. The topological polar surface area (TPSA) is 47.2 Å². The van der Waals surface area contributed by atoms with E-state index in [1.807, 2.05) is 47.8 Å². The molecule has 25 heavy (non-hydrogen) atoms. The van der Waals surface area contributed by atoms with Crippen molar-refractivity contribution in [3.05, 3.63) is 69.8 Å². The number of amides is 1. The van der Waals surface area contributed by atoms with Gasteiger partial charge in [-0.05, 0) is 18.1 Å². The fourth-order valence-corrected chi connectivity index (χ4v) is 3.82. The van der Waals surface area contributed by atoms with Crippen molar-refractivity contribution < 1.29 is 4.79 Å². The highest BCUT2D eigenvalue weighted by Crippen LogP contribution is 2.30.